The first-order valence-corrected chi connectivity index (χ1v) is 12.5. The SMILES string of the molecule is CC(F)CC(C)CC(C)CO[Si](c1ccccc1)(c1ccccc1)C(C)(C)C. The van der Waals surface area contributed by atoms with E-state index in [1.165, 1.54) is 10.4 Å². The first-order valence-electron chi connectivity index (χ1n) is 10.6. The van der Waals surface area contributed by atoms with Crippen molar-refractivity contribution in [2.24, 2.45) is 11.8 Å². The van der Waals surface area contributed by atoms with Crippen LogP contribution >= 0.6 is 0 Å². The van der Waals surface area contributed by atoms with Crippen molar-refractivity contribution >= 4 is 18.7 Å². The second kappa shape index (κ2) is 9.84. The smallest absolute Gasteiger partial charge is 0.261 e. The molecule has 0 amide bonds. The summed E-state index contributed by atoms with van der Waals surface area (Å²) in [5.74, 6) is 0.771. The maximum Gasteiger partial charge on any atom is 0.261 e. The van der Waals surface area contributed by atoms with Crippen molar-refractivity contribution in [2.75, 3.05) is 6.61 Å². The molecule has 3 heteroatoms. The lowest BCUT2D eigenvalue weighted by molar-refractivity contribution is 0.207. The molecule has 0 N–H and O–H groups in total. The Morgan fingerprint density at radius 1 is 0.786 bits per heavy atom. The minimum absolute atomic E-state index is 0.00546. The molecule has 0 aromatic heterocycles. The van der Waals surface area contributed by atoms with Gasteiger partial charge in [-0.3, -0.25) is 0 Å². The van der Waals surface area contributed by atoms with Gasteiger partial charge in [-0.15, -0.1) is 0 Å². The van der Waals surface area contributed by atoms with Gasteiger partial charge in [-0.2, -0.15) is 0 Å². The van der Waals surface area contributed by atoms with Gasteiger partial charge in [-0.25, -0.2) is 4.39 Å². The van der Waals surface area contributed by atoms with Crippen molar-refractivity contribution in [3.8, 4) is 0 Å². The number of halogens is 1. The van der Waals surface area contributed by atoms with Crippen LogP contribution in [0, 0.1) is 11.8 Å². The standard InChI is InChI=1S/C25H37FOSi/c1-20(18-22(3)26)17-21(2)19-27-28(25(4,5)6,23-13-9-7-10-14-23)24-15-11-8-12-16-24/h7-16,20-22H,17-19H2,1-6H3. The molecule has 1 nitrogen and oxygen atoms in total. The van der Waals surface area contributed by atoms with E-state index >= 15 is 0 Å². The molecule has 0 spiro atoms. The van der Waals surface area contributed by atoms with E-state index in [1.807, 2.05) is 0 Å². The van der Waals surface area contributed by atoms with Gasteiger partial charge < -0.3 is 4.43 Å². The van der Waals surface area contributed by atoms with Gasteiger partial charge in [0.15, 0.2) is 0 Å². The Bertz CT molecular complexity index is 654. The lowest BCUT2D eigenvalue weighted by Gasteiger charge is -2.43. The molecule has 2 rings (SSSR count). The lowest BCUT2D eigenvalue weighted by Crippen LogP contribution is -2.66. The largest absolute Gasteiger partial charge is 0.407 e. The van der Waals surface area contributed by atoms with Crippen LogP contribution < -0.4 is 10.4 Å². The van der Waals surface area contributed by atoms with Crippen LogP contribution in [-0.2, 0) is 4.43 Å². The van der Waals surface area contributed by atoms with Crippen LogP contribution in [0.3, 0.4) is 0 Å². The van der Waals surface area contributed by atoms with Crippen molar-refractivity contribution in [1.29, 1.82) is 0 Å². The maximum atomic E-state index is 13.4. The Balaban J connectivity index is 2.34. The highest BCUT2D eigenvalue weighted by Gasteiger charge is 2.50. The molecule has 2 aromatic carbocycles. The van der Waals surface area contributed by atoms with Crippen LogP contribution in [0.5, 0.6) is 0 Å². The minimum atomic E-state index is -2.47. The van der Waals surface area contributed by atoms with E-state index in [4.69, 9.17) is 4.43 Å². The van der Waals surface area contributed by atoms with Gasteiger partial charge in [0.2, 0.25) is 0 Å². The summed E-state index contributed by atoms with van der Waals surface area (Å²) in [6.07, 6.45) is 0.885. The average molecular weight is 401 g/mol. The van der Waals surface area contributed by atoms with Crippen molar-refractivity contribution in [1.82, 2.24) is 0 Å². The zero-order valence-electron chi connectivity index (χ0n) is 18.4. The molecule has 0 aliphatic rings. The zero-order valence-corrected chi connectivity index (χ0v) is 19.4. The molecule has 0 bridgehead atoms. The predicted molar refractivity (Wildman–Crippen MR) is 122 cm³/mol. The highest BCUT2D eigenvalue weighted by molar-refractivity contribution is 6.99. The molecule has 3 unspecified atom stereocenters. The Hall–Kier alpha value is -1.45. The third-order valence-electron chi connectivity index (χ3n) is 5.53. The Morgan fingerprint density at radius 3 is 1.64 bits per heavy atom. The lowest BCUT2D eigenvalue weighted by atomic mass is 9.94. The Kier molecular flexibility index (Phi) is 8.03. The van der Waals surface area contributed by atoms with Crippen LogP contribution in [0.2, 0.25) is 5.04 Å². The molecule has 28 heavy (non-hydrogen) atoms. The summed E-state index contributed by atoms with van der Waals surface area (Å²) >= 11 is 0. The topological polar surface area (TPSA) is 9.23 Å². The highest BCUT2D eigenvalue weighted by Crippen LogP contribution is 2.37. The second-order valence-corrected chi connectivity index (χ2v) is 13.7. The van der Waals surface area contributed by atoms with Crippen molar-refractivity contribution < 1.29 is 8.82 Å². The van der Waals surface area contributed by atoms with Crippen LogP contribution in [0.15, 0.2) is 60.7 Å². The molecule has 0 saturated carbocycles. The van der Waals surface area contributed by atoms with E-state index in [9.17, 15) is 4.39 Å². The fourth-order valence-electron chi connectivity index (χ4n) is 4.43. The molecule has 0 saturated heterocycles. The molecule has 0 heterocycles. The number of rotatable bonds is 9. The fourth-order valence-corrected chi connectivity index (χ4v) is 9.12. The molecule has 0 aliphatic carbocycles. The van der Waals surface area contributed by atoms with Crippen molar-refractivity contribution in [3.05, 3.63) is 60.7 Å². The second-order valence-electron chi connectivity index (χ2n) is 9.44. The highest BCUT2D eigenvalue weighted by atomic mass is 28.4. The van der Waals surface area contributed by atoms with Gasteiger partial charge in [0.1, 0.15) is 0 Å². The molecule has 0 fully saturated rings. The molecule has 154 valence electrons. The molecule has 3 atom stereocenters. The van der Waals surface area contributed by atoms with Crippen molar-refractivity contribution in [2.45, 2.75) is 65.6 Å². The third-order valence-corrected chi connectivity index (χ3v) is 10.5. The minimum Gasteiger partial charge on any atom is -0.407 e. The summed E-state index contributed by atoms with van der Waals surface area (Å²) in [4.78, 5) is 0. The summed E-state index contributed by atoms with van der Waals surface area (Å²) < 4.78 is 20.3. The summed E-state index contributed by atoms with van der Waals surface area (Å²) in [7, 11) is -2.47. The molecule has 0 aliphatic heterocycles. The number of alkyl halides is 1. The van der Waals surface area contributed by atoms with E-state index in [2.05, 4.69) is 95.3 Å². The van der Waals surface area contributed by atoms with Gasteiger partial charge in [0.05, 0.1) is 6.17 Å². The molecular formula is C25H37FOSi. The number of hydrogen-bond donors (Lipinski definition) is 0. The van der Waals surface area contributed by atoms with E-state index in [1.54, 1.807) is 6.92 Å². The van der Waals surface area contributed by atoms with E-state index in [0.29, 0.717) is 24.9 Å². The van der Waals surface area contributed by atoms with Gasteiger partial charge in [-0.05, 0) is 47.0 Å². The van der Waals surface area contributed by atoms with Crippen molar-refractivity contribution in [3.63, 3.8) is 0 Å². The Labute approximate surface area is 172 Å². The monoisotopic (exact) mass is 400 g/mol. The zero-order chi connectivity index (χ0) is 20.8. The molecule has 2 aromatic rings. The van der Waals surface area contributed by atoms with E-state index in [0.717, 1.165) is 6.42 Å². The van der Waals surface area contributed by atoms with Gasteiger partial charge >= 0.3 is 0 Å². The average Bonchev–Trinajstić information content (AvgIpc) is 2.62. The summed E-state index contributed by atoms with van der Waals surface area (Å²) in [5.41, 5.74) is 0. The Morgan fingerprint density at radius 2 is 1.25 bits per heavy atom. The van der Waals surface area contributed by atoms with E-state index < -0.39 is 14.5 Å². The predicted octanol–water partition coefficient (Wildman–Crippen LogP) is 5.97. The van der Waals surface area contributed by atoms with Gasteiger partial charge in [0.25, 0.3) is 8.32 Å². The summed E-state index contributed by atoms with van der Waals surface area (Å²) in [5, 5.41) is 2.62. The van der Waals surface area contributed by atoms with Crippen LogP contribution in [-0.4, -0.2) is 21.1 Å². The maximum absolute atomic E-state index is 13.4. The first kappa shape index (κ1) is 22.8. The molecular weight excluding hydrogens is 363 g/mol. The third kappa shape index (κ3) is 5.54. The van der Waals surface area contributed by atoms with Gasteiger partial charge in [0, 0.05) is 6.61 Å². The summed E-state index contributed by atoms with van der Waals surface area (Å²) in [6.45, 7) is 13.6. The number of hydrogen-bond acceptors (Lipinski definition) is 1. The molecule has 0 radical (unpaired) electrons. The fraction of sp³-hybridized carbons (Fsp3) is 0.520. The summed E-state index contributed by atoms with van der Waals surface area (Å²) in [6, 6.07) is 21.5. The van der Waals surface area contributed by atoms with Gasteiger partial charge in [-0.1, -0.05) is 95.3 Å². The first-order chi connectivity index (χ1) is 13.2. The van der Waals surface area contributed by atoms with Crippen LogP contribution in [0.1, 0.15) is 54.4 Å². The normalized spacial score (nSPS) is 15.8. The quantitative estimate of drug-likeness (QED) is 0.471. The van der Waals surface area contributed by atoms with Crippen LogP contribution in [0.25, 0.3) is 0 Å². The van der Waals surface area contributed by atoms with Crippen LogP contribution in [0.4, 0.5) is 4.39 Å². The van der Waals surface area contributed by atoms with E-state index in [-0.39, 0.29) is 5.04 Å². The number of benzene rings is 2.